The molecule has 2 aromatic carbocycles. The summed E-state index contributed by atoms with van der Waals surface area (Å²) in [5.74, 6) is 0.857. The van der Waals surface area contributed by atoms with Crippen molar-refractivity contribution in [3.63, 3.8) is 0 Å². The van der Waals surface area contributed by atoms with Gasteiger partial charge in [-0.05, 0) is 45.3 Å². The normalized spacial score (nSPS) is 10.5. The van der Waals surface area contributed by atoms with Crippen molar-refractivity contribution in [2.45, 2.75) is 6.54 Å². The number of anilines is 1. The zero-order valence-electron chi connectivity index (χ0n) is 12.2. The average molecular weight is 374 g/mol. The Bertz CT molecular complexity index is 755. The maximum Gasteiger partial charge on any atom is 0.141 e. The quantitative estimate of drug-likeness (QED) is 0.610. The lowest BCUT2D eigenvalue weighted by molar-refractivity contribution is 0.416. The van der Waals surface area contributed by atoms with E-state index in [1.165, 1.54) is 16.0 Å². The van der Waals surface area contributed by atoms with Crippen LogP contribution in [0.3, 0.4) is 0 Å². The Labute approximate surface area is 142 Å². The van der Waals surface area contributed by atoms with Crippen LogP contribution in [0.2, 0.25) is 0 Å². The Balaban J connectivity index is 1.85. The van der Waals surface area contributed by atoms with Gasteiger partial charge in [0.15, 0.2) is 0 Å². The van der Waals surface area contributed by atoms with Gasteiger partial charge < -0.3 is 10.1 Å². The fourth-order valence-electron chi connectivity index (χ4n) is 2.29. The number of hydrogen-bond acceptors (Lipinski definition) is 3. The van der Waals surface area contributed by atoms with Crippen LogP contribution in [-0.4, -0.2) is 7.11 Å². The summed E-state index contributed by atoms with van der Waals surface area (Å²) in [6.07, 6.45) is 0. The molecule has 0 unspecified atom stereocenters. The monoisotopic (exact) mass is 373 g/mol. The number of thiophene rings is 1. The molecule has 2 nitrogen and oxygen atoms in total. The molecule has 0 fully saturated rings. The summed E-state index contributed by atoms with van der Waals surface area (Å²) in [5.41, 5.74) is 3.39. The van der Waals surface area contributed by atoms with Gasteiger partial charge in [0.05, 0.1) is 12.8 Å². The molecular formula is C18H16BrNOS. The zero-order chi connectivity index (χ0) is 15.4. The number of hydrogen-bond donors (Lipinski definition) is 1. The minimum atomic E-state index is 0.783. The standard InChI is InChI=1S/C18H16BrNOS/c1-21-18-8-7-14(13-5-3-2-4-6-13)9-17(18)20-11-16-10-15(19)12-22-16/h2-10,12,20H,11H2,1H3. The maximum atomic E-state index is 5.46. The first-order valence-corrected chi connectivity index (χ1v) is 8.64. The molecule has 0 radical (unpaired) electrons. The van der Waals surface area contributed by atoms with Crippen molar-refractivity contribution in [3.05, 3.63) is 69.3 Å². The Morgan fingerprint density at radius 2 is 1.86 bits per heavy atom. The molecule has 0 amide bonds. The first kappa shape index (κ1) is 15.1. The van der Waals surface area contributed by atoms with Crippen LogP contribution in [0.4, 0.5) is 5.69 Å². The number of benzene rings is 2. The summed E-state index contributed by atoms with van der Waals surface area (Å²) in [6, 6.07) is 18.7. The van der Waals surface area contributed by atoms with Crippen molar-refractivity contribution in [2.24, 2.45) is 0 Å². The van der Waals surface area contributed by atoms with Gasteiger partial charge in [0.25, 0.3) is 0 Å². The molecule has 22 heavy (non-hydrogen) atoms. The van der Waals surface area contributed by atoms with Crippen molar-refractivity contribution in [3.8, 4) is 16.9 Å². The SMILES string of the molecule is COc1ccc(-c2ccccc2)cc1NCc1cc(Br)cs1. The number of rotatable bonds is 5. The summed E-state index contributed by atoms with van der Waals surface area (Å²) in [7, 11) is 1.70. The largest absolute Gasteiger partial charge is 0.495 e. The molecule has 0 spiro atoms. The third kappa shape index (κ3) is 3.51. The van der Waals surface area contributed by atoms with Crippen LogP contribution in [0, 0.1) is 0 Å². The van der Waals surface area contributed by atoms with Crippen LogP contribution < -0.4 is 10.1 Å². The molecule has 0 aliphatic rings. The highest BCUT2D eigenvalue weighted by atomic mass is 79.9. The van der Waals surface area contributed by atoms with E-state index in [4.69, 9.17) is 4.74 Å². The minimum absolute atomic E-state index is 0.783. The molecule has 1 heterocycles. The molecule has 1 N–H and O–H groups in total. The van der Waals surface area contributed by atoms with E-state index in [0.717, 1.165) is 22.5 Å². The molecule has 1 aromatic heterocycles. The van der Waals surface area contributed by atoms with Crippen LogP contribution in [0.15, 0.2) is 64.5 Å². The fourth-order valence-corrected chi connectivity index (χ4v) is 3.68. The minimum Gasteiger partial charge on any atom is -0.495 e. The maximum absolute atomic E-state index is 5.46. The van der Waals surface area contributed by atoms with Gasteiger partial charge >= 0.3 is 0 Å². The summed E-state index contributed by atoms with van der Waals surface area (Å²) in [5, 5.41) is 5.56. The van der Waals surface area contributed by atoms with Crippen molar-refractivity contribution < 1.29 is 4.74 Å². The van der Waals surface area contributed by atoms with Gasteiger partial charge in [0, 0.05) is 21.3 Å². The molecule has 0 aliphatic heterocycles. The Kier molecular flexibility index (Phi) is 4.80. The lowest BCUT2D eigenvalue weighted by atomic mass is 10.0. The Hall–Kier alpha value is -1.78. The van der Waals surface area contributed by atoms with Gasteiger partial charge in [-0.2, -0.15) is 0 Å². The molecular weight excluding hydrogens is 358 g/mol. The summed E-state index contributed by atoms with van der Waals surface area (Å²) in [6.45, 7) is 0.783. The smallest absolute Gasteiger partial charge is 0.141 e. The highest BCUT2D eigenvalue weighted by Crippen LogP contribution is 2.31. The van der Waals surface area contributed by atoms with E-state index in [1.807, 2.05) is 12.1 Å². The third-order valence-corrected chi connectivity index (χ3v) is 5.08. The van der Waals surface area contributed by atoms with Gasteiger partial charge in [-0.25, -0.2) is 0 Å². The second kappa shape index (κ2) is 6.99. The number of halogens is 1. The summed E-state index contributed by atoms with van der Waals surface area (Å²) < 4.78 is 6.59. The molecule has 0 bridgehead atoms. The van der Waals surface area contributed by atoms with Gasteiger partial charge in [0.2, 0.25) is 0 Å². The lowest BCUT2D eigenvalue weighted by Crippen LogP contribution is -2.00. The number of nitrogens with one attached hydrogen (secondary N) is 1. The molecule has 0 aliphatic carbocycles. The van der Waals surface area contributed by atoms with E-state index >= 15 is 0 Å². The molecule has 3 aromatic rings. The van der Waals surface area contributed by atoms with Crippen LogP contribution in [-0.2, 0) is 6.54 Å². The Morgan fingerprint density at radius 1 is 1.05 bits per heavy atom. The van der Waals surface area contributed by atoms with E-state index in [-0.39, 0.29) is 0 Å². The van der Waals surface area contributed by atoms with Crippen molar-refractivity contribution in [2.75, 3.05) is 12.4 Å². The van der Waals surface area contributed by atoms with Gasteiger partial charge in [-0.15, -0.1) is 11.3 Å². The highest BCUT2D eigenvalue weighted by Gasteiger charge is 2.06. The predicted octanol–water partition coefficient (Wildman–Crippen LogP) is 5.80. The first-order valence-electron chi connectivity index (χ1n) is 6.96. The van der Waals surface area contributed by atoms with Crippen molar-refractivity contribution in [1.29, 1.82) is 0 Å². The van der Waals surface area contributed by atoms with Gasteiger partial charge in [-0.1, -0.05) is 36.4 Å². The van der Waals surface area contributed by atoms with Crippen molar-refractivity contribution >= 4 is 33.0 Å². The van der Waals surface area contributed by atoms with Crippen LogP contribution >= 0.6 is 27.3 Å². The lowest BCUT2D eigenvalue weighted by Gasteiger charge is -2.12. The van der Waals surface area contributed by atoms with E-state index in [2.05, 4.69) is 69.1 Å². The van der Waals surface area contributed by atoms with E-state index in [1.54, 1.807) is 18.4 Å². The average Bonchev–Trinajstić information content (AvgIpc) is 2.99. The zero-order valence-corrected chi connectivity index (χ0v) is 14.6. The molecule has 0 saturated heterocycles. The van der Waals surface area contributed by atoms with Crippen LogP contribution in [0.5, 0.6) is 5.75 Å². The number of ether oxygens (including phenoxy) is 1. The van der Waals surface area contributed by atoms with E-state index < -0.39 is 0 Å². The molecule has 3 rings (SSSR count). The predicted molar refractivity (Wildman–Crippen MR) is 97.8 cm³/mol. The third-order valence-electron chi connectivity index (χ3n) is 3.38. The molecule has 112 valence electrons. The molecule has 0 saturated carbocycles. The second-order valence-electron chi connectivity index (χ2n) is 4.87. The van der Waals surface area contributed by atoms with Gasteiger partial charge in [0.1, 0.15) is 5.75 Å². The highest BCUT2D eigenvalue weighted by molar-refractivity contribution is 9.10. The van der Waals surface area contributed by atoms with Crippen LogP contribution in [0.25, 0.3) is 11.1 Å². The summed E-state index contributed by atoms with van der Waals surface area (Å²) in [4.78, 5) is 1.28. The van der Waals surface area contributed by atoms with E-state index in [9.17, 15) is 0 Å². The second-order valence-corrected chi connectivity index (χ2v) is 6.78. The Morgan fingerprint density at radius 3 is 2.55 bits per heavy atom. The molecule has 0 atom stereocenters. The first-order chi connectivity index (χ1) is 10.8. The van der Waals surface area contributed by atoms with E-state index in [0.29, 0.717) is 0 Å². The summed E-state index contributed by atoms with van der Waals surface area (Å²) >= 11 is 5.22. The topological polar surface area (TPSA) is 21.3 Å². The van der Waals surface area contributed by atoms with Crippen molar-refractivity contribution in [1.82, 2.24) is 0 Å². The fraction of sp³-hybridized carbons (Fsp3) is 0.111. The molecule has 4 heteroatoms. The van der Waals surface area contributed by atoms with Gasteiger partial charge in [-0.3, -0.25) is 0 Å². The van der Waals surface area contributed by atoms with Crippen LogP contribution in [0.1, 0.15) is 4.88 Å². The number of methoxy groups -OCH3 is 1.